The average Bonchev–Trinajstić information content (AvgIpc) is 2.43. The molecule has 0 spiro atoms. The first kappa shape index (κ1) is 15.0. The van der Waals surface area contributed by atoms with Gasteiger partial charge in [0.2, 0.25) is 0 Å². The van der Waals surface area contributed by atoms with E-state index in [4.69, 9.17) is 0 Å². The smallest absolute Gasteiger partial charge is 0.134 e. The fraction of sp³-hybridized carbons (Fsp3) is 0.211. The van der Waals surface area contributed by atoms with E-state index in [1.54, 1.807) is 6.92 Å². The summed E-state index contributed by atoms with van der Waals surface area (Å²) >= 11 is 0. The first-order valence-electron chi connectivity index (χ1n) is 7.09. The molecule has 2 nitrogen and oxygen atoms in total. The molecular formula is C19H21NO. The summed E-state index contributed by atoms with van der Waals surface area (Å²) in [4.78, 5) is 11.6. The zero-order valence-electron chi connectivity index (χ0n) is 12.9. The number of carbonyl (C=O) groups excluding carboxylic acids is 1. The number of rotatable bonds is 5. The Hall–Kier alpha value is -2.35. The van der Waals surface area contributed by atoms with Gasteiger partial charge in [-0.15, -0.1) is 0 Å². The zero-order valence-corrected chi connectivity index (χ0v) is 12.9. The van der Waals surface area contributed by atoms with Crippen molar-refractivity contribution in [2.75, 3.05) is 5.32 Å². The van der Waals surface area contributed by atoms with Crippen LogP contribution in [0.25, 0.3) is 11.1 Å². The quantitative estimate of drug-likeness (QED) is 0.856. The van der Waals surface area contributed by atoms with Crippen LogP contribution in [0, 0.1) is 6.92 Å². The predicted molar refractivity (Wildman–Crippen MR) is 89.4 cm³/mol. The van der Waals surface area contributed by atoms with Gasteiger partial charge in [-0.1, -0.05) is 43.0 Å². The second-order valence-corrected chi connectivity index (χ2v) is 5.41. The monoisotopic (exact) mass is 279 g/mol. The highest BCUT2D eigenvalue weighted by molar-refractivity contribution is 5.84. The molecule has 21 heavy (non-hydrogen) atoms. The lowest BCUT2D eigenvalue weighted by molar-refractivity contribution is -0.116. The summed E-state index contributed by atoms with van der Waals surface area (Å²) in [5.74, 6) is 0.169. The molecule has 0 amide bonds. The molecule has 0 atom stereocenters. The molecule has 2 rings (SSSR count). The van der Waals surface area contributed by atoms with E-state index in [9.17, 15) is 4.79 Å². The molecular weight excluding hydrogens is 258 g/mol. The van der Waals surface area contributed by atoms with Crippen molar-refractivity contribution in [3.8, 4) is 11.1 Å². The summed E-state index contributed by atoms with van der Waals surface area (Å²) in [5, 5.41) is 3.26. The van der Waals surface area contributed by atoms with Crippen LogP contribution in [-0.4, -0.2) is 5.78 Å². The molecule has 0 radical (unpaired) electrons. The van der Waals surface area contributed by atoms with Gasteiger partial charge in [0, 0.05) is 17.8 Å². The molecule has 0 unspecified atom stereocenters. The number of ketones is 1. The Bertz CT molecular complexity index is 671. The lowest BCUT2D eigenvalue weighted by atomic mass is 9.91. The van der Waals surface area contributed by atoms with Crippen LogP contribution in [0.15, 0.2) is 54.7 Å². The largest absolute Gasteiger partial charge is 0.359 e. The van der Waals surface area contributed by atoms with Gasteiger partial charge in [-0.3, -0.25) is 4.79 Å². The van der Waals surface area contributed by atoms with Crippen LogP contribution < -0.4 is 5.32 Å². The molecule has 2 heteroatoms. The molecule has 0 aliphatic carbocycles. The Morgan fingerprint density at radius 3 is 2.33 bits per heavy atom. The number of hydrogen-bond donors (Lipinski definition) is 1. The lowest BCUT2D eigenvalue weighted by Gasteiger charge is -2.17. The van der Waals surface area contributed by atoms with Gasteiger partial charge in [0.15, 0.2) is 0 Å². The Kier molecular flexibility index (Phi) is 4.59. The van der Waals surface area contributed by atoms with E-state index in [-0.39, 0.29) is 5.78 Å². The van der Waals surface area contributed by atoms with Crippen molar-refractivity contribution < 1.29 is 4.79 Å². The van der Waals surface area contributed by atoms with Gasteiger partial charge >= 0.3 is 0 Å². The Morgan fingerprint density at radius 2 is 1.76 bits per heavy atom. The van der Waals surface area contributed by atoms with Gasteiger partial charge < -0.3 is 5.32 Å². The summed E-state index contributed by atoms with van der Waals surface area (Å²) in [7, 11) is 0. The fourth-order valence-electron chi connectivity index (χ4n) is 2.49. The minimum atomic E-state index is 0.169. The van der Waals surface area contributed by atoms with Crippen molar-refractivity contribution in [3.63, 3.8) is 0 Å². The molecule has 0 aliphatic rings. The minimum absolute atomic E-state index is 0.169. The maximum Gasteiger partial charge on any atom is 0.134 e. The Balaban J connectivity index is 2.57. The molecule has 2 aromatic carbocycles. The number of hydrogen-bond acceptors (Lipinski definition) is 2. The van der Waals surface area contributed by atoms with Crippen LogP contribution in [0.4, 0.5) is 5.69 Å². The average molecular weight is 279 g/mol. The summed E-state index contributed by atoms with van der Waals surface area (Å²) in [6.07, 6.45) is 0.446. The molecule has 0 fully saturated rings. The van der Waals surface area contributed by atoms with Gasteiger partial charge in [-0.25, -0.2) is 0 Å². The third-order valence-corrected chi connectivity index (χ3v) is 3.46. The number of nitrogens with one attached hydrogen (secondary N) is 1. The second-order valence-electron chi connectivity index (χ2n) is 5.41. The molecule has 0 saturated heterocycles. The molecule has 2 aromatic rings. The van der Waals surface area contributed by atoms with Crippen LogP contribution in [0.2, 0.25) is 0 Å². The lowest BCUT2D eigenvalue weighted by Crippen LogP contribution is -2.05. The predicted octanol–water partition coefficient (Wildman–Crippen LogP) is 4.74. The minimum Gasteiger partial charge on any atom is -0.359 e. The van der Waals surface area contributed by atoms with Crippen LogP contribution in [0.5, 0.6) is 0 Å². The van der Waals surface area contributed by atoms with Crippen LogP contribution >= 0.6 is 0 Å². The van der Waals surface area contributed by atoms with Gasteiger partial charge in [0.05, 0.1) is 0 Å². The van der Waals surface area contributed by atoms with Gasteiger partial charge in [0.1, 0.15) is 5.78 Å². The van der Waals surface area contributed by atoms with Crippen molar-refractivity contribution in [3.05, 3.63) is 65.9 Å². The Morgan fingerprint density at radius 1 is 1.10 bits per heavy atom. The number of anilines is 1. The van der Waals surface area contributed by atoms with Crippen molar-refractivity contribution >= 4 is 11.5 Å². The maximum atomic E-state index is 11.6. The highest BCUT2D eigenvalue weighted by atomic mass is 16.1. The molecule has 0 saturated carbocycles. The van der Waals surface area contributed by atoms with Crippen molar-refractivity contribution in [1.82, 2.24) is 0 Å². The number of Topliss-reactive ketones (excluding diaryl/α,β-unsaturated/α-hetero) is 1. The van der Waals surface area contributed by atoms with E-state index in [0.29, 0.717) is 6.42 Å². The van der Waals surface area contributed by atoms with Crippen molar-refractivity contribution in [2.45, 2.75) is 27.2 Å². The Labute approximate surface area is 126 Å². The van der Waals surface area contributed by atoms with Crippen molar-refractivity contribution in [2.24, 2.45) is 0 Å². The molecule has 108 valence electrons. The third-order valence-electron chi connectivity index (χ3n) is 3.46. The highest BCUT2D eigenvalue weighted by Gasteiger charge is 2.13. The molecule has 0 heterocycles. The fourth-order valence-corrected chi connectivity index (χ4v) is 2.49. The molecule has 0 aromatic heterocycles. The third kappa shape index (κ3) is 3.60. The van der Waals surface area contributed by atoms with Crippen molar-refractivity contribution in [1.29, 1.82) is 0 Å². The summed E-state index contributed by atoms with van der Waals surface area (Å²) in [5.41, 5.74) is 6.35. The SMILES string of the molecule is C=C(C)Nc1ccc(-c2ccccc2)c(CC(C)=O)c1C. The number of benzene rings is 2. The standard InChI is InChI=1S/C19H21NO/c1-13(2)20-19-11-10-17(16-8-6-5-7-9-16)18(15(19)4)12-14(3)21/h5-11,20H,1,12H2,2-4H3. The summed E-state index contributed by atoms with van der Waals surface area (Å²) in [6.45, 7) is 9.49. The maximum absolute atomic E-state index is 11.6. The van der Waals surface area contributed by atoms with E-state index in [1.165, 1.54) is 0 Å². The molecule has 0 aliphatic heterocycles. The second kappa shape index (κ2) is 6.40. The first-order chi connectivity index (χ1) is 9.99. The summed E-state index contributed by atoms with van der Waals surface area (Å²) < 4.78 is 0. The van der Waals surface area contributed by atoms with E-state index < -0.39 is 0 Å². The normalized spacial score (nSPS) is 10.2. The van der Waals surface area contributed by atoms with Crippen LogP contribution in [0.3, 0.4) is 0 Å². The number of carbonyl (C=O) groups is 1. The summed E-state index contributed by atoms with van der Waals surface area (Å²) in [6, 6.07) is 14.3. The first-order valence-corrected chi connectivity index (χ1v) is 7.09. The van der Waals surface area contributed by atoms with E-state index in [1.807, 2.05) is 25.1 Å². The van der Waals surface area contributed by atoms with Gasteiger partial charge in [-0.05, 0) is 49.1 Å². The topological polar surface area (TPSA) is 29.1 Å². The van der Waals surface area contributed by atoms with Gasteiger partial charge in [0.25, 0.3) is 0 Å². The van der Waals surface area contributed by atoms with E-state index in [2.05, 4.69) is 43.1 Å². The molecule has 1 N–H and O–H groups in total. The number of allylic oxidation sites excluding steroid dienone is 1. The van der Waals surface area contributed by atoms with E-state index >= 15 is 0 Å². The van der Waals surface area contributed by atoms with Crippen LogP contribution in [-0.2, 0) is 11.2 Å². The highest BCUT2D eigenvalue weighted by Crippen LogP contribution is 2.31. The molecule has 0 bridgehead atoms. The van der Waals surface area contributed by atoms with Crippen LogP contribution in [0.1, 0.15) is 25.0 Å². The van der Waals surface area contributed by atoms with Gasteiger partial charge in [-0.2, -0.15) is 0 Å². The van der Waals surface area contributed by atoms with E-state index in [0.717, 1.165) is 33.6 Å². The zero-order chi connectivity index (χ0) is 15.4.